The van der Waals surface area contributed by atoms with Gasteiger partial charge in [0.2, 0.25) is 0 Å². The zero-order valence-electron chi connectivity index (χ0n) is 7.92. The van der Waals surface area contributed by atoms with Gasteiger partial charge in [-0.2, -0.15) is 0 Å². The molecule has 0 aromatic carbocycles. The third kappa shape index (κ3) is 2.04. The lowest BCUT2D eigenvalue weighted by Crippen LogP contribution is -2.25. The number of nitrogens with one attached hydrogen (secondary N) is 1. The number of allylic oxidation sites excluding steroid dienone is 2. The first-order valence-corrected chi connectivity index (χ1v) is 4.56. The molecular weight excluding hydrogens is 192 g/mol. The van der Waals surface area contributed by atoms with Crippen molar-refractivity contribution < 1.29 is 9.90 Å². The molecular formula is C11H10N2O2. The van der Waals surface area contributed by atoms with Gasteiger partial charge >= 0.3 is 6.09 Å². The summed E-state index contributed by atoms with van der Waals surface area (Å²) in [6.07, 6.45) is 7.94. The molecule has 1 aliphatic carbocycles. The third-order valence-corrected chi connectivity index (χ3v) is 2.15. The van der Waals surface area contributed by atoms with Crippen molar-refractivity contribution in [2.75, 3.05) is 0 Å². The fraction of sp³-hybridized carbons (Fsp3) is 0.0909. The van der Waals surface area contributed by atoms with Crippen molar-refractivity contribution in [2.45, 2.75) is 6.04 Å². The van der Waals surface area contributed by atoms with Crippen LogP contribution in [0.2, 0.25) is 0 Å². The van der Waals surface area contributed by atoms with E-state index in [1.165, 1.54) is 0 Å². The number of fused-ring (bicyclic) bond motifs is 1. The summed E-state index contributed by atoms with van der Waals surface area (Å²) in [5.41, 5.74) is 1.66. The quantitative estimate of drug-likeness (QED) is 0.731. The second kappa shape index (κ2) is 3.96. The van der Waals surface area contributed by atoms with Crippen LogP contribution in [-0.2, 0) is 0 Å². The molecule has 2 N–H and O–H groups in total. The van der Waals surface area contributed by atoms with Gasteiger partial charge in [-0.1, -0.05) is 24.3 Å². The zero-order valence-corrected chi connectivity index (χ0v) is 7.92. The topological polar surface area (TPSA) is 62.2 Å². The van der Waals surface area contributed by atoms with Gasteiger partial charge < -0.3 is 10.4 Å². The van der Waals surface area contributed by atoms with E-state index in [-0.39, 0.29) is 6.04 Å². The van der Waals surface area contributed by atoms with E-state index >= 15 is 0 Å². The van der Waals surface area contributed by atoms with Gasteiger partial charge in [0.05, 0.1) is 11.7 Å². The lowest BCUT2D eigenvalue weighted by Gasteiger charge is -2.13. The Labute approximate surface area is 87.0 Å². The van der Waals surface area contributed by atoms with Crippen LogP contribution < -0.4 is 5.32 Å². The number of carboxylic acid groups (broad SMARTS) is 1. The van der Waals surface area contributed by atoms with E-state index in [1.807, 2.05) is 24.3 Å². The van der Waals surface area contributed by atoms with E-state index < -0.39 is 6.09 Å². The van der Waals surface area contributed by atoms with Crippen molar-refractivity contribution in [1.82, 2.24) is 10.3 Å². The summed E-state index contributed by atoms with van der Waals surface area (Å²) in [7, 11) is 0. The van der Waals surface area contributed by atoms with E-state index in [9.17, 15) is 4.79 Å². The van der Waals surface area contributed by atoms with Crippen LogP contribution in [-0.4, -0.2) is 16.2 Å². The number of hydrogen-bond donors (Lipinski definition) is 2. The number of rotatable bonds is 1. The molecule has 0 radical (unpaired) electrons. The molecule has 1 atom stereocenters. The normalized spacial score (nSPS) is 18.0. The highest BCUT2D eigenvalue weighted by molar-refractivity contribution is 5.67. The molecule has 2 rings (SSSR count). The van der Waals surface area contributed by atoms with Gasteiger partial charge in [-0.15, -0.1) is 0 Å². The summed E-state index contributed by atoms with van der Waals surface area (Å²) in [6, 6.07) is 3.33. The number of amides is 1. The highest BCUT2D eigenvalue weighted by Gasteiger charge is 2.14. The van der Waals surface area contributed by atoms with Gasteiger partial charge in [-0.25, -0.2) is 4.79 Å². The molecule has 4 nitrogen and oxygen atoms in total. The standard InChI is InChI=1S/C11H10N2O2/c14-11(15)13-10-6-2-1-5-9-8(10)4-3-7-12-9/h1-7,10,13H,(H,14,15). The largest absolute Gasteiger partial charge is 0.465 e. The van der Waals surface area contributed by atoms with Crippen LogP contribution in [0.25, 0.3) is 6.08 Å². The summed E-state index contributed by atoms with van der Waals surface area (Å²) in [5, 5.41) is 11.1. The summed E-state index contributed by atoms with van der Waals surface area (Å²) in [5.74, 6) is 0. The molecule has 15 heavy (non-hydrogen) atoms. The Kier molecular flexibility index (Phi) is 2.49. The Bertz CT molecular complexity index is 438. The van der Waals surface area contributed by atoms with Crippen molar-refractivity contribution in [2.24, 2.45) is 0 Å². The molecule has 0 bridgehead atoms. The Balaban J connectivity index is 2.39. The maximum Gasteiger partial charge on any atom is 0.405 e. The molecule has 4 heteroatoms. The maximum atomic E-state index is 10.6. The van der Waals surface area contributed by atoms with E-state index in [4.69, 9.17) is 5.11 Å². The first-order chi connectivity index (χ1) is 7.27. The predicted molar refractivity (Wildman–Crippen MR) is 56.3 cm³/mol. The van der Waals surface area contributed by atoms with Crippen LogP contribution in [0.1, 0.15) is 17.3 Å². The average Bonchev–Trinajstić information content (AvgIpc) is 2.41. The van der Waals surface area contributed by atoms with Crippen LogP contribution in [0.4, 0.5) is 4.79 Å². The summed E-state index contributed by atoms with van der Waals surface area (Å²) in [4.78, 5) is 14.8. The first-order valence-electron chi connectivity index (χ1n) is 4.56. The van der Waals surface area contributed by atoms with E-state index in [0.29, 0.717) is 0 Å². The molecule has 1 aromatic rings. The molecule has 0 saturated carbocycles. The Morgan fingerprint density at radius 3 is 3.13 bits per heavy atom. The van der Waals surface area contributed by atoms with Crippen molar-refractivity contribution in [3.8, 4) is 0 Å². The molecule has 0 aliphatic heterocycles. The summed E-state index contributed by atoms with van der Waals surface area (Å²) in [6.45, 7) is 0. The molecule has 1 unspecified atom stereocenters. The minimum absolute atomic E-state index is 0.332. The number of nitrogens with zero attached hydrogens (tertiary/aromatic N) is 1. The van der Waals surface area contributed by atoms with Gasteiger partial charge in [-0.05, 0) is 12.1 Å². The van der Waals surface area contributed by atoms with Crippen molar-refractivity contribution >= 4 is 12.2 Å². The second-order valence-electron chi connectivity index (χ2n) is 3.15. The minimum atomic E-state index is -1.04. The number of pyridine rings is 1. The highest BCUT2D eigenvalue weighted by Crippen LogP contribution is 2.21. The third-order valence-electron chi connectivity index (χ3n) is 2.15. The van der Waals surface area contributed by atoms with Crippen LogP contribution in [0.15, 0.2) is 36.6 Å². The Morgan fingerprint density at radius 2 is 2.33 bits per heavy atom. The Morgan fingerprint density at radius 1 is 1.47 bits per heavy atom. The average molecular weight is 202 g/mol. The summed E-state index contributed by atoms with van der Waals surface area (Å²) >= 11 is 0. The number of hydrogen-bond acceptors (Lipinski definition) is 2. The zero-order chi connectivity index (χ0) is 10.7. The fourth-order valence-corrected chi connectivity index (χ4v) is 1.52. The molecule has 1 aromatic heterocycles. The van der Waals surface area contributed by atoms with Gasteiger partial charge in [0, 0.05) is 11.8 Å². The SMILES string of the molecule is O=C(O)NC1C=CC=Cc2ncccc21. The van der Waals surface area contributed by atoms with Crippen molar-refractivity contribution in [3.63, 3.8) is 0 Å². The number of carbonyl (C=O) groups is 1. The lowest BCUT2D eigenvalue weighted by molar-refractivity contribution is 0.192. The van der Waals surface area contributed by atoms with Gasteiger partial charge in [0.15, 0.2) is 0 Å². The van der Waals surface area contributed by atoms with Gasteiger partial charge in [-0.3, -0.25) is 4.98 Å². The van der Waals surface area contributed by atoms with Gasteiger partial charge in [0.1, 0.15) is 0 Å². The Hall–Kier alpha value is -2.10. The van der Waals surface area contributed by atoms with Crippen LogP contribution >= 0.6 is 0 Å². The van der Waals surface area contributed by atoms with Crippen LogP contribution in [0.5, 0.6) is 0 Å². The van der Waals surface area contributed by atoms with E-state index in [2.05, 4.69) is 10.3 Å². The molecule has 1 aliphatic rings. The van der Waals surface area contributed by atoms with Crippen molar-refractivity contribution in [1.29, 1.82) is 0 Å². The van der Waals surface area contributed by atoms with Crippen LogP contribution in [0.3, 0.4) is 0 Å². The lowest BCUT2D eigenvalue weighted by atomic mass is 10.1. The minimum Gasteiger partial charge on any atom is -0.465 e. The second-order valence-corrected chi connectivity index (χ2v) is 3.15. The molecule has 0 fully saturated rings. The molecule has 1 heterocycles. The van der Waals surface area contributed by atoms with E-state index in [1.54, 1.807) is 18.3 Å². The molecule has 0 saturated heterocycles. The molecule has 0 spiro atoms. The molecule has 76 valence electrons. The number of aromatic nitrogens is 1. The van der Waals surface area contributed by atoms with Crippen LogP contribution in [0, 0.1) is 0 Å². The first kappa shape index (κ1) is 9.45. The smallest absolute Gasteiger partial charge is 0.405 e. The fourth-order valence-electron chi connectivity index (χ4n) is 1.52. The highest BCUT2D eigenvalue weighted by atomic mass is 16.4. The monoisotopic (exact) mass is 202 g/mol. The van der Waals surface area contributed by atoms with E-state index in [0.717, 1.165) is 11.3 Å². The summed E-state index contributed by atoms with van der Waals surface area (Å²) < 4.78 is 0. The van der Waals surface area contributed by atoms with Crippen molar-refractivity contribution in [3.05, 3.63) is 47.8 Å². The molecule has 1 amide bonds. The van der Waals surface area contributed by atoms with Gasteiger partial charge in [0.25, 0.3) is 0 Å². The maximum absolute atomic E-state index is 10.6. The predicted octanol–water partition coefficient (Wildman–Crippen LogP) is 1.97.